The summed E-state index contributed by atoms with van der Waals surface area (Å²) in [6.45, 7) is 4.27. The molecule has 1 aromatic heterocycles. The molecule has 2 heterocycles. The van der Waals surface area contributed by atoms with Gasteiger partial charge in [0.15, 0.2) is 0 Å². The molecule has 0 radical (unpaired) electrons. The van der Waals surface area contributed by atoms with Crippen molar-refractivity contribution in [2.45, 2.75) is 6.92 Å². The number of aryl methyl sites for hydroxylation is 1. The van der Waals surface area contributed by atoms with Crippen molar-refractivity contribution in [3.05, 3.63) is 39.9 Å². The Morgan fingerprint density at radius 1 is 1.33 bits per heavy atom. The minimum absolute atomic E-state index is 0.0830. The molecule has 2 aromatic rings. The summed E-state index contributed by atoms with van der Waals surface area (Å²) in [7, 11) is 0. The van der Waals surface area contributed by atoms with Gasteiger partial charge >= 0.3 is 5.69 Å². The van der Waals surface area contributed by atoms with Crippen LogP contribution in [0.4, 0.5) is 29.0 Å². The van der Waals surface area contributed by atoms with Crippen LogP contribution >= 0.6 is 0 Å². The van der Waals surface area contributed by atoms with Crippen LogP contribution in [0, 0.1) is 17.0 Å². The van der Waals surface area contributed by atoms with Gasteiger partial charge in [0.05, 0.1) is 18.1 Å². The van der Waals surface area contributed by atoms with Gasteiger partial charge in [-0.25, -0.2) is 0 Å². The third-order valence-electron chi connectivity index (χ3n) is 3.66. The molecule has 0 saturated carbocycles. The second kappa shape index (κ2) is 6.67. The van der Waals surface area contributed by atoms with E-state index in [1.54, 1.807) is 0 Å². The summed E-state index contributed by atoms with van der Waals surface area (Å²) in [5.41, 5.74) is 7.22. The van der Waals surface area contributed by atoms with Crippen LogP contribution in [0.3, 0.4) is 0 Å². The van der Waals surface area contributed by atoms with Crippen molar-refractivity contribution in [1.82, 2.24) is 9.97 Å². The van der Waals surface area contributed by atoms with E-state index in [1.165, 1.54) is 0 Å². The van der Waals surface area contributed by atoms with Crippen molar-refractivity contribution in [2.24, 2.45) is 0 Å². The fraction of sp³-hybridized carbons (Fsp3) is 0.333. The van der Waals surface area contributed by atoms with Crippen LogP contribution in [-0.4, -0.2) is 41.2 Å². The molecule has 126 valence electrons. The lowest BCUT2D eigenvalue weighted by molar-refractivity contribution is -0.383. The van der Waals surface area contributed by atoms with E-state index < -0.39 is 4.92 Å². The fourth-order valence-corrected chi connectivity index (χ4v) is 2.49. The lowest BCUT2D eigenvalue weighted by Crippen LogP contribution is -2.37. The average molecular weight is 330 g/mol. The summed E-state index contributed by atoms with van der Waals surface area (Å²) in [6.07, 6.45) is 0. The number of benzene rings is 1. The quantitative estimate of drug-likeness (QED) is 0.644. The van der Waals surface area contributed by atoms with Crippen LogP contribution in [0.5, 0.6) is 0 Å². The van der Waals surface area contributed by atoms with Gasteiger partial charge in [0, 0.05) is 18.8 Å². The minimum Gasteiger partial charge on any atom is -0.378 e. The molecular weight excluding hydrogens is 312 g/mol. The first-order chi connectivity index (χ1) is 11.5. The van der Waals surface area contributed by atoms with E-state index in [4.69, 9.17) is 10.5 Å². The van der Waals surface area contributed by atoms with Gasteiger partial charge in [0.1, 0.15) is 0 Å². The largest absolute Gasteiger partial charge is 0.378 e. The van der Waals surface area contributed by atoms with Gasteiger partial charge < -0.3 is 20.7 Å². The number of aromatic nitrogens is 2. The van der Waals surface area contributed by atoms with Crippen LogP contribution < -0.4 is 16.0 Å². The maximum absolute atomic E-state index is 11.4. The van der Waals surface area contributed by atoms with Gasteiger partial charge in [-0.05, 0) is 24.6 Å². The molecule has 3 rings (SSSR count). The number of nitrogens with two attached hydrogens (primary N) is 1. The molecule has 9 heteroatoms. The summed E-state index contributed by atoms with van der Waals surface area (Å²) >= 11 is 0. The zero-order valence-electron chi connectivity index (χ0n) is 13.2. The van der Waals surface area contributed by atoms with E-state index in [2.05, 4.69) is 15.3 Å². The Hall–Kier alpha value is -2.94. The van der Waals surface area contributed by atoms with Gasteiger partial charge in [-0.1, -0.05) is 12.1 Å². The Kier molecular flexibility index (Phi) is 4.43. The van der Waals surface area contributed by atoms with Crippen molar-refractivity contribution in [2.75, 3.05) is 42.3 Å². The molecule has 1 fully saturated rings. The summed E-state index contributed by atoms with van der Waals surface area (Å²) in [5, 5.41) is 14.3. The number of nitro groups is 1. The summed E-state index contributed by atoms with van der Waals surface area (Å²) in [6, 6.07) is 7.48. The fourth-order valence-electron chi connectivity index (χ4n) is 2.49. The number of morpholine rings is 1. The van der Waals surface area contributed by atoms with Crippen molar-refractivity contribution in [3.63, 3.8) is 0 Å². The Labute approximate surface area is 138 Å². The first-order valence-electron chi connectivity index (χ1n) is 7.53. The molecule has 0 aliphatic carbocycles. The zero-order chi connectivity index (χ0) is 17.1. The number of nitrogen functional groups attached to an aromatic ring is 1. The molecule has 24 heavy (non-hydrogen) atoms. The van der Waals surface area contributed by atoms with Gasteiger partial charge in [-0.15, -0.1) is 0 Å². The highest BCUT2D eigenvalue weighted by Gasteiger charge is 2.25. The lowest BCUT2D eigenvalue weighted by atomic mass is 10.2. The van der Waals surface area contributed by atoms with E-state index in [1.807, 2.05) is 36.1 Å². The highest BCUT2D eigenvalue weighted by atomic mass is 16.6. The molecule has 0 bridgehead atoms. The molecule has 0 atom stereocenters. The van der Waals surface area contributed by atoms with Crippen molar-refractivity contribution >= 4 is 29.0 Å². The molecule has 3 N–H and O–H groups in total. The topological polar surface area (TPSA) is 119 Å². The van der Waals surface area contributed by atoms with Gasteiger partial charge in [-0.3, -0.25) is 10.1 Å². The normalized spacial score (nSPS) is 14.5. The van der Waals surface area contributed by atoms with E-state index in [0.717, 1.165) is 5.56 Å². The molecule has 0 unspecified atom stereocenters. The molecule has 1 saturated heterocycles. The highest BCUT2D eigenvalue weighted by Crippen LogP contribution is 2.32. The number of nitrogens with zero attached hydrogens (tertiary/aromatic N) is 4. The monoisotopic (exact) mass is 330 g/mol. The first kappa shape index (κ1) is 15.9. The molecule has 0 amide bonds. The number of anilines is 4. The molecule has 1 aromatic carbocycles. The molecule has 1 aliphatic heterocycles. The summed E-state index contributed by atoms with van der Waals surface area (Å²) < 4.78 is 5.30. The number of hydrogen-bond acceptors (Lipinski definition) is 8. The number of nitrogens with one attached hydrogen (secondary N) is 1. The maximum atomic E-state index is 11.4. The average Bonchev–Trinajstić information content (AvgIpc) is 2.55. The van der Waals surface area contributed by atoms with Crippen LogP contribution in [0.2, 0.25) is 0 Å². The number of hydrogen-bond donors (Lipinski definition) is 2. The summed E-state index contributed by atoms with van der Waals surface area (Å²) in [5.74, 6) is 0.280. The van der Waals surface area contributed by atoms with Crippen molar-refractivity contribution < 1.29 is 9.66 Å². The maximum Gasteiger partial charge on any atom is 0.353 e. The van der Waals surface area contributed by atoms with Gasteiger partial charge in [-0.2, -0.15) is 9.97 Å². The van der Waals surface area contributed by atoms with Crippen molar-refractivity contribution in [3.8, 4) is 0 Å². The number of ether oxygens (including phenoxy) is 1. The Morgan fingerprint density at radius 2 is 2.08 bits per heavy atom. The Morgan fingerprint density at radius 3 is 2.75 bits per heavy atom. The number of rotatable bonds is 4. The minimum atomic E-state index is -0.573. The van der Waals surface area contributed by atoms with Crippen molar-refractivity contribution in [1.29, 1.82) is 0 Å². The van der Waals surface area contributed by atoms with Gasteiger partial charge in [0.2, 0.25) is 17.6 Å². The van der Waals surface area contributed by atoms with E-state index in [9.17, 15) is 10.1 Å². The standard InChI is InChI=1S/C15H18N6O3/c1-10-3-2-4-11(9-10)17-14-12(21(22)23)13(16)18-15(19-14)20-5-7-24-8-6-20/h2-4,9H,5-8H2,1H3,(H3,16,17,18,19). The molecule has 0 spiro atoms. The highest BCUT2D eigenvalue weighted by molar-refractivity contribution is 5.74. The van der Waals surface area contributed by atoms with E-state index >= 15 is 0 Å². The predicted molar refractivity (Wildman–Crippen MR) is 90.6 cm³/mol. The molecular formula is C15H18N6O3. The third kappa shape index (κ3) is 3.35. The van der Waals surface area contributed by atoms with Crippen LogP contribution in [0.1, 0.15) is 5.56 Å². The third-order valence-corrected chi connectivity index (χ3v) is 3.66. The lowest BCUT2D eigenvalue weighted by Gasteiger charge is -2.27. The van der Waals surface area contributed by atoms with Crippen LogP contribution in [0.15, 0.2) is 24.3 Å². The van der Waals surface area contributed by atoms with Crippen LogP contribution in [0.25, 0.3) is 0 Å². The zero-order valence-corrected chi connectivity index (χ0v) is 13.2. The second-order valence-electron chi connectivity index (χ2n) is 5.46. The summed E-state index contributed by atoms with van der Waals surface area (Å²) in [4.78, 5) is 21.1. The second-order valence-corrected chi connectivity index (χ2v) is 5.46. The Bertz CT molecular complexity index is 761. The molecule has 9 nitrogen and oxygen atoms in total. The van der Waals surface area contributed by atoms with E-state index in [0.29, 0.717) is 37.9 Å². The first-order valence-corrected chi connectivity index (χ1v) is 7.53. The SMILES string of the molecule is Cc1cccc(Nc2nc(N3CCOCC3)nc(N)c2[N+](=O)[O-])c1. The smallest absolute Gasteiger partial charge is 0.353 e. The molecule has 1 aliphatic rings. The van der Waals surface area contributed by atoms with E-state index in [-0.39, 0.29) is 17.3 Å². The Balaban J connectivity index is 2.00. The predicted octanol–water partition coefficient (Wildman–Crippen LogP) is 1.86. The van der Waals surface area contributed by atoms with Crippen LogP contribution in [-0.2, 0) is 4.74 Å². The van der Waals surface area contributed by atoms with Gasteiger partial charge in [0.25, 0.3) is 0 Å².